The van der Waals surface area contributed by atoms with E-state index in [-0.39, 0.29) is 11.5 Å². The zero-order valence-corrected chi connectivity index (χ0v) is 9.58. The molecule has 0 spiro atoms. The van der Waals surface area contributed by atoms with Gasteiger partial charge in [-0.3, -0.25) is 0 Å². The lowest BCUT2D eigenvalue weighted by molar-refractivity contribution is -0.0512. The normalized spacial score (nSPS) is 10.4. The number of rotatable bonds is 7. The molecule has 1 N–H and O–H groups in total. The minimum atomic E-state index is -2.86. The summed E-state index contributed by atoms with van der Waals surface area (Å²) in [5.41, 5.74) is 0.836. The third-order valence-electron chi connectivity index (χ3n) is 2.06. The topological polar surface area (TPSA) is 30.5 Å². The van der Waals surface area contributed by atoms with E-state index >= 15 is 0 Å². The van der Waals surface area contributed by atoms with Gasteiger partial charge in [0.1, 0.15) is 0 Å². The monoisotopic (exact) mass is 243 g/mol. The number of nitrogens with one attached hydrogen (secondary N) is 1. The van der Waals surface area contributed by atoms with Crippen molar-refractivity contribution >= 4 is 0 Å². The molecule has 0 fully saturated rings. The van der Waals surface area contributed by atoms with Crippen LogP contribution in [0.3, 0.4) is 0 Å². The summed E-state index contributed by atoms with van der Waals surface area (Å²) in [7, 11) is 1.41. The first-order valence-electron chi connectivity index (χ1n) is 5.10. The van der Waals surface area contributed by atoms with Gasteiger partial charge in [0.2, 0.25) is 0 Å². The quantitative estimate of drug-likeness (QED) is 0.589. The lowest BCUT2D eigenvalue weighted by Gasteiger charge is -2.11. The summed E-state index contributed by atoms with van der Waals surface area (Å²) in [6, 6.07) is 4.91. The number of methoxy groups -OCH3 is 1. The molecule has 0 atom stereocenters. The number of ether oxygens (including phenoxy) is 2. The Labute approximate surface area is 99.0 Å². The SMILES string of the molecule is C=CCNCc1ccc(OC)c(OC(F)F)c1. The Morgan fingerprint density at radius 2 is 2.18 bits per heavy atom. The average Bonchev–Trinajstić information content (AvgIpc) is 2.29. The van der Waals surface area contributed by atoms with Crippen molar-refractivity contribution in [2.75, 3.05) is 13.7 Å². The van der Waals surface area contributed by atoms with Crippen LogP contribution in [0.25, 0.3) is 0 Å². The molecule has 0 saturated carbocycles. The summed E-state index contributed by atoms with van der Waals surface area (Å²) in [4.78, 5) is 0. The molecule has 0 aromatic heterocycles. The number of halogens is 2. The summed E-state index contributed by atoms with van der Waals surface area (Å²) in [5, 5.41) is 3.07. The summed E-state index contributed by atoms with van der Waals surface area (Å²) in [6.45, 7) is 1.91. The summed E-state index contributed by atoms with van der Waals surface area (Å²) in [6.07, 6.45) is 1.72. The molecule has 0 heterocycles. The molecule has 1 aromatic carbocycles. The lowest BCUT2D eigenvalue weighted by atomic mass is 10.2. The van der Waals surface area contributed by atoms with Crippen molar-refractivity contribution in [2.45, 2.75) is 13.2 Å². The standard InChI is InChI=1S/C12H15F2NO2/c1-3-6-15-8-9-4-5-10(16-2)11(7-9)17-12(13)14/h3-5,7,12,15H,1,6,8H2,2H3. The van der Waals surface area contributed by atoms with Crippen LogP contribution in [0.2, 0.25) is 0 Å². The van der Waals surface area contributed by atoms with Crippen molar-refractivity contribution in [3.63, 3.8) is 0 Å². The lowest BCUT2D eigenvalue weighted by Crippen LogP contribution is -2.13. The van der Waals surface area contributed by atoms with Crippen LogP contribution in [0.4, 0.5) is 8.78 Å². The number of alkyl halides is 2. The van der Waals surface area contributed by atoms with Gasteiger partial charge in [-0.05, 0) is 17.7 Å². The first-order valence-corrected chi connectivity index (χ1v) is 5.10. The van der Waals surface area contributed by atoms with Gasteiger partial charge in [0, 0.05) is 13.1 Å². The molecule has 0 radical (unpaired) electrons. The van der Waals surface area contributed by atoms with Gasteiger partial charge in [0.25, 0.3) is 0 Å². The predicted molar refractivity (Wildman–Crippen MR) is 61.5 cm³/mol. The van der Waals surface area contributed by atoms with Crippen LogP contribution in [0.5, 0.6) is 11.5 Å². The Balaban J connectivity index is 2.76. The molecule has 94 valence electrons. The fraction of sp³-hybridized carbons (Fsp3) is 0.333. The summed E-state index contributed by atoms with van der Waals surface area (Å²) in [5.74, 6) is 0.332. The van der Waals surface area contributed by atoms with Crippen molar-refractivity contribution in [3.8, 4) is 11.5 Å². The molecule has 0 saturated heterocycles. The van der Waals surface area contributed by atoms with E-state index in [1.165, 1.54) is 13.2 Å². The van der Waals surface area contributed by atoms with Gasteiger partial charge in [-0.25, -0.2) is 0 Å². The number of hydrogen-bond acceptors (Lipinski definition) is 3. The molecule has 0 amide bonds. The van der Waals surface area contributed by atoms with Crippen LogP contribution in [0, 0.1) is 0 Å². The van der Waals surface area contributed by atoms with Gasteiger partial charge < -0.3 is 14.8 Å². The average molecular weight is 243 g/mol. The van der Waals surface area contributed by atoms with E-state index in [1.807, 2.05) is 0 Å². The highest BCUT2D eigenvalue weighted by atomic mass is 19.3. The van der Waals surface area contributed by atoms with Gasteiger partial charge in [-0.1, -0.05) is 12.1 Å². The number of hydrogen-bond donors (Lipinski definition) is 1. The second-order valence-electron chi connectivity index (χ2n) is 3.28. The maximum absolute atomic E-state index is 12.2. The second kappa shape index (κ2) is 6.85. The zero-order valence-electron chi connectivity index (χ0n) is 9.58. The zero-order chi connectivity index (χ0) is 12.7. The fourth-order valence-electron chi connectivity index (χ4n) is 1.34. The highest BCUT2D eigenvalue weighted by Crippen LogP contribution is 2.29. The van der Waals surface area contributed by atoms with Crippen molar-refractivity contribution in [1.82, 2.24) is 5.32 Å². The molecule has 0 unspecified atom stereocenters. The van der Waals surface area contributed by atoms with E-state index in [1.54, 1.807) is 18.2 Å². The van der Waals surface area contributed by atoms with Crippen LogP contribution < -0.4 is 14.8 Å². The van der Waals surface area contributed by atoms with Crippen LogP contribution in [-0.4, -0.2) is 20.3 Å². The Morgan fingerprint density at radius 3 is 2.76 bits per heavy atom. The summed E-state index contributed by atoms with van der Waals surface area (Å²) >= 11 is 0. The third kappa shape index (κ3) is 4.40. The van der Waals surface area contributed by atoms with Crippen molar-refractivity contribution in [1.29, 1.82) is 0 Å². The molecular weight excluding hydrogens is 228 g/mol. The molecule has 0 aliphatic heterocycles. The minimum absolute atomic E-state index is 0.0420. The van der Waals surface area contributed by atoms with Crippen molar-refractivity contribution in [2.24, 2.45) is 0 Å². The third-order valence-corrected chi connectivity index (χ3v) is 2.06. The van der Waals surface area contributed by atoms with Crippen LogP contribution in [0.1, 0.15) is 5.56 Å². The van der Waals surface area contributed by atoms with Crippen LogP contribution in [-0.2, 0) is 6.54 Å². The largest absolute Gasteiger partial charge is 0.493 e. The smallest absolute Gasteiger partial charge is 0.387 e. The Hall–Kier alpha value is -1.62. The van der Waals surface area contributed by atoms with Crippen molar-refractivity contribution < 1.29 is 18.3 Å². The minimum Gasteiger partial charge on any atom is -0.493 e. The Kier molecular flexibility index (Phi) is 5.42. The first-order chi connectivity index (χ1) is 8.17. The summed E-state index contributed by atoms with van der Waals surface area (Å²) < 4.78 is 33.6. The van der Waals surface area contributed by atoms with Gasteiger partial charge in [0.05, 0.1) is 7.11 Å². The molecule has 1 rings (SSSR count). The number of benzene rings is 1. The first kappa shape index (κ1) is 13.4. The maximum atomic E-state index is 12.2. The molecule has 0 bridgehead atoms. The molecule has 1 aromatic rings. The van der Waals surface area contributed by atoms with Crippen LogP contribution in [0.15, 0.2) is 30.9 Å². The molecule has 0 aliphatic rings. The maximum Gasteiger partial charge on any atom is 0.387 e. The highest BCUT2D eigenvalue weighted by molar-refractivity contribution is 5.42. The van der Waals surface area contributed by atoms with Crippen molar-refractivity contribution in [3.05, 3.63) is 36.4 Å². The van der Waals surface area contributed by atoms with Gasteiger partial charge in [-0.15, -0.1) is 6.58 Å². The van der Waals surface area contributed by atoms with E-state index in [2.05, 4.69) is 16.6 Å². The molecule has 0 aliphatic carbocycles. The van der Waals surface area contributed by atoms with Gasteiger partial charge >= 0.3 is 6.61 Å². The molecular formula is C12H15F2NO2. The van der Waals surface area contributed by atoms with E-state index in [4.69, 9.17) is 4.74 Å². The molecule has 17 heavy (non-hydrogen) atoms. The Morgan fingerprint density at radius 1 is 1.41 bits per heavy atom. The fourth-order valence-corrected chi connectivity index (χ4v) is 1.34. The Bertz CT molecular complexity index is 370. The highest BCUT2D eigenvalue weighted by Gasteiger charge is 2.10. The van der Waals surface area contributed by atoms with Crippen LogP contribution >= 0.6 is 0 Å². The molecule has 3 nitrogen and oxygen atoms in total. The predicted octanol–water partition coefficient (Wildman–Crippen LogP) is 2.57. The van der Waals surface area contributed by atoms with E-state index in [9.17, 15) is 8.78 Å². The molecule has 5 heteroatoms. The van der Waals surface area contributed by atoms with E-state index in [0.29, 0.717) is 13.1 Å². The van der Waals surface area contributed by atoms with Gasteiger partial charge in [-0.2, -0.15) is 8.78 Å². The van der Waals surface area contributed by atoms with E-state index in [0.717, 1.165) is 5.56 Å². The van der Waals surface area contributed by atoms with Gasteiger partial charge in [0.15, 0.2) is 11.5 Å². The second-order valence-corrected chi connectivity index (χ2v) is 3.28. The van der Waals surface area contributed by atoms with E-state index < -0.39 is 6.61 Å².